The first kappa shape index (κ1) is 24.5. The van der Waals surface area contributed by atoms with Gasteiger partial charge in [-0.1, -0.05) is 12.1 Å². The van der Waals surface area contributed by atoms with E-state index in [4.69, 9.17) is 19.9 Å². The maximum atomic E-state index is 12.5. The zero-order valence-electron chi connectivity index (χ0n) is 19.5. The summed E-state index contributed by atoms with van der Waals surface area (Å²) < 4.78 is 16.6. The van der Waals surface area contributed by atoms with Crippen LogP contribution in [0.2, 0.25) is 0 Å². The minimum Gasteiger partial charge on any atom is -0.490 e. The van der Waals surface area contributed by atoms with Gasteiger partial charge in [-0.25, -0.2) is 4.79 Å². The number of carbonyl (C=O) groups excluding carboxylic acids is 1. The van der Waals surface area contributed by atoms with E-state index in [2.05, 4.69) is 18.2 Å². The highest BCUT2D eigenvalue weighted by Crippen LogP contribution is 2.54. The third-order valence-electron chi connectivity index (χ3n) is 6.12. The first-order valence-corrected chi connectivity index (χ1v) is 11.2. The highest BCUT2D eigenvalue weighted by molar-refractivity contribution is 5.69. The Hall–Kier alpha value is -4.16. The van der Waals surface area contributed by atoms with Crippen molar-refractivity contribution in [1.29, 1.82) is 15.8 Å². The van der Waals surface area contributed by atoms with Gasteiger partial charge in [0.05, 0.1) is 43.2 Å². The Kier molecular flexibility index (Phi) is 7.34. The molecule has 2 aliphatic rings. The van der Waals surface area contributed by atoms with Gasteiger partial charge < -0.3 is 24.8 Å². The van der Waals surface area contributed by atoms with Crippen molar-refractivity contribution in [1.82, 2.24) is 4.90 Å². The Morgan fingerprint density at radius 3 is 2.38 bits per heavy atom. The minimum atomic E-state index is -1.82. The molecule has 0 fully saturated rings. The molecule has 0 aromatic heterocycles. The monoisotopic (exact) mass is 461 g/mol. The topological polar surface area (TPSA) is 145 Å². The van der Waals surface area contributed by atoms with Gasteiger partial charge in [0.1, 0.15) is 6.07 Å². The smallest absolute Gasteiger partial charge is 0.410 e. The van der Waals surface area contributed by atoms with Gasteiger partial charge in [-0.2, -0.15) is 15.8 Å². The lowest BCUT2D eigenvalue weighted by molar-refractivity contribution is 0.0999. The van der Waals surface area contributed by atoms with Crippen molar-refractivity contribution in [3.05, 3.63) is 46.7 Å². The molecule has 176 valence electrons. The number of nitrogens with two attached hydrogens (primary N) is 1. The molecule has 1 aromatic carbocycles. The van der Waals surface area contributed by atoms with E-state index in [1.165, 1.54) is 4.90 Å². The lowest BCUT2D eigenvalue weighted by atomic mass is 9.58. The molecular formula is C25H27N5O4. The Balaban J connectivity index is 2.24. The van der Waals surface area contributed by atoms with Crippen LogP contribution in [0, 0.1) is 45.3 Å². The zero-order chi connectivity index (χ0) is 24.9. The molecular weight excluding hydrogens is 434 g/mol. The summed E-state index contributed by atoms with van der Waals surface area (Å²) in [5.41, 5.74) is 5.81. The van der Waals surface area contributed by atoms with Crippen molar-refractivity contribution in [2.24, 2.45) is 17.1 Å². The van der Waals surface area contributed by atoms with Crippen LogP contribution in [0.25, 0.3) is 0 Å². The third kappa shape index (κ3) is 4.00. The standard InChI is InChI=1S/C25H27N5O4/c1-4-32-20-8-7-16(11-21(20)33-5-2)22-19-13-30(24(31)34-6-3)10-9-17(19)18(12-26)23(29)25(22,14-27)15-28/h7-9,11,19,22H,4-6,10,13,29H2,1-3H3/t19-,22-/m0/s1. The number of fused-ring (bicyclic) bond motifs is 1. The summed E-state index contributed by atoms with van der Waals surface area (Å²) >= 11 is 0. The number of hydrogen-bond acceptors (Lipinski definition) is 8. The molecule has 0 saturated carbocycles. The van der Waals surface area contributed by atoms with Crippen molar-refractivity contribution < 1.29 is 19.0 Å². The summed E-state index contributed by atoms with van der Waals surface area (Å²) in [6, 6.07) is 11.5. The molecule has 0 bridgehead atoms. The van der Waals surface area contributed by atoms with Crippen LogP contribution in [-0.2, 0) is 4.74 Å². The number of carbonyl (C=O) groups is 1. The molecule has 0 spiro atoms. The molecule has 1 aliphatic heterocycles. The van der Waals surface area contributed by atoms with Crippen LogP contribution in [0.3, 0.4) is 0 Å². The average molecular weight is 462 g/mol. The fourth-order valence-corrected chi connectivity index (χ4v) is 4.68. The van der Waals surface area contributed by atoms with Gasteiger partial charge in [-0.3, -0.25) is 0 Å². The van der Waals surface area contributed by atoms with Crippen LogP contribution in [-0.4, -0.2) is 43.9 Å². The molecule has 1 amide bonds. The van der Waals surface area contributed by atoms with Gasteiger partial charge in [-0.05, 0) is 44.0 Å². The van der Waals surface area contributed by atoms with Gasteiger partial charge in [0.25, 0.3) is 0 Å². The SMILES string of the molecule is CCOC(=O)N1CC=C2C(C#N)=C(N)C(C#N)(C#N)[C@@H](c3ccc(OCC)c(OCC)c3)[C@H]2C1. The van der Waals surface area contributed by atoms with E-state index < -0.39 is 23.3 Å². The first-order valence-electron chi connectivity index (χ1n) is 11.2. The van der Waals surface area contributed by atoms with Gasteiger partial charge in [0.2, 0.25) is 0 Å². The molecule has 0 saturated heterocycles. The quantitative estimate of drug-likeness (QED) is 0.678. The van der Waals surface area contributed by atoms with Crippen molar-refractivity contribution >= 4 is 6.09 Å². The lowest BCUT2D eigenvalue weighted by Crippen LogP contribution is -2.49. The summed E-state index contributed by atoms with van der Waals surface area (Å²) in [5, 5.41) is 30.3. The second-order valence-corrected chi connectivity index (χ2v) is 7.85. The number of amides is 1. The number of benzene rings is 1. The molecule has 2 atom stereocenters. The van der Waals surface area contributed by atoms with E-state index in [9.17, 15) is 20.6 Å². The number of ether oxygens (including phenoxy) is 3. The number of hydrogen-bond donors (Lipinski definition) is 1. The van der Waals surface area contributed by atoms with E-state index in [0.717, 1.165) is 0 Å². The van der Waals surface area contributed by atoms with Crippen LogP contribution in [0.5, 0.6) is 11.5 Å². The Labute approximate surface area is 199 Å². The maximum absolute atomic E-state index is 12.5. The number of rotatable bonds is 6. The molecule has 0 radical (unpaired) electrons. The summed E-state index contributed by atoms with van der Waals surface area (Å²) in [4.78, 5) is 14.0. The molecule has 2 N–H and O–H groups in total. The largest absolute Gasteiger partial charge is 0.490 e. The van der Waals surface area contributed by atoms with Gasteiger partial charge in [0.15, 0.2) is 16.9 Å². The van der Waals surface area contributed by atoms with E-state index in [0.29, 0.717) is 35.8 Å². The van der Waals surface area contributed by atoms with Crippen molar-refractivity contribution in [3.63, 3.8) is 0 Å². The Morgan fingerprint density at radius 2 is 1.79 bits per heavy atom. The Bertz CT molecular complexity index is 1140. The predicted octanol–water partition coefficient (Wildman–Crippen LogP) is 3.37. The number of nitriles is 3. The normalized spacial score (nSPS) is 20.7. The highest BCUT2D eigenvalue weighted by Gasteiger charge is 2.55. The molecule has 34 heavy (non-hydrogen) atoms. The van der Waals surface area contributed by atoms with E-state index in [1.54, 1.807) is 31.2 Å². The van der Waals surface area contributed by atoms with Crippen LogP contribution >= 0.6 is 0 Å². The molecule has 1 aromatic rings. The van der Waals surface area contributed by atoms with E-state index in [1.807, 2.05) is 13.8 Å². The Morgan fingerprint density at radius 1 is 1.12 bits per heavy atom. The zero-order valence-corrected chi connectivity index (χ0v) is 19.5. The third-order valence-corrected chi connectivity index (χ3v) is 6.12. The van der Waals surface area contributed by atoms with Crippen molar-refractivity contribution in [2.45, 2.75) is 26.7 Å². The fourth-order valence-electron chi connectivity index (χ4n) is 4.68. The number of nitrogens with zero attached hydrogens (tertiary/aromatic N) is 4. The minimum absolute atomic E-state index is 0.0797. The molecule has 0 unspecified atom stereocenters. The molecule has 3 rings (SSSR count). The van der Waals surface area contributed by atoms with Crippen LogP contribution in [0.4, 0.5) is 4.79 Å². The molecule has 9 nitrogen and oxygen atoms in total. The van der Waals surface area contributed by atoms with Gasteiger partial charge in [0, 0.05) is 24.9 Å². The van der Waals surface area contributed by atoms with Crippen molar-refractivity contribution in [2.75, 3.05) is 32.9 Å². The summed E-state index contributed by atoms with van der Waals surface area (Å²) in [6.07, 6.45) is 1.25. The van der Waals surface area contributed by atoms with Crippen LogP contribution < -0.4 is 15.2 Å². The van der Waals surface area contributed by atoms with Crippen LogP contribution in [0.15, 0.2) is 41.1 Å². The van der Waals surface area contributed by atoms with Gasteiger partial charge >= 0.3 is 6.09 Å². The second-order valence-electron chi connectivity index (χ2n) is 7.85. The molecule has 1 aliphatic carbocycles. The summed E-state index contributed by atoms with van der Waals surface area (Å²) in [7, 11) is 0. The highest BCUT2D eigenvalue weighted by atomic mass is 16.6. The summed E-state index contributed by atoms with van der Waals surface area (Å²) in [6.45, 7) is 6.86. The first-order chi connectivity index (χ1) is 16.4. The predicted molar refractivity (Wildman–Crippen MR) is 122 cm³/mol. The molecule has 1 heterocycles. The second kappa shape index (κ2) is 10.2. The fraction of sp³-hybridized carbons (Fsp3) is 0.440. The maximum Gasteiger partial charge on any atom is 0.410 e. The van der Waals surface area contributed by atoms with Gasteiger partial charge in [-0.15, -0.1) is 0 Å². The number of allylic oxidation sites excluding steroid dienone is 2. The summed E-state index contributed by atoms with van der Waals surface area (Å²) in [5.74, 6) is -0.286. The van der Waals surface area contributed by atoms with Crippen molar-refractivity contribution in [3.8, 4) is 29.7 Å². The van der Waals surface area contributed by atoms with Crippen LogP contribution in [0.1, 0.15) is 32.3 Å². The molecule has 9 heteroatoms. The average Bonchev–Trinajstić information content (AvgIpc) is 2.85. The lowest BCUT2D eigenvalue weighted by Gasteiger charge is -2.45. The van der Waals surface area contributed by atoms with E-state index >= 15 is 0 Å². The van der Waals surface area contributed by atoms with E-state index in [-0.39, 0.29) is 31.0 Å².